The number of amides is 1. The van der Waals surface area contributed by atoms with Gasteiger partial charge in [-0.15, -0.1) is 0 Å². The number of aromatic nitrogens is 2. The van der Waals surface area contributed by atoms with Gasteiger partial charge in [-0.3, -0.25) is 4.79 Å². The fraction of sp³-hybridized carbons (Fsp3) is 0.800. The number of hydrogen-bond acceptors (Lipinski definition) is 5. The number of aliphatic hydroxyl groups excluding tert-OH is 1. The molecule has 1 saturated heterocycles. The lowest BCUT2D eigenvalue weighted by atomic mass is 9.95. The topological polar surface area (TPSA) is 79.5 Å². The van der Waals surface area contributed by atoms with Crippen molar-refractivity contribution in [3.63, 3.8) is 0 Å². The van der Waals surface area contributed by atoms with Crippen molar-refractivity contribution in [3.8, 4) is 0 Å². The number of carbonyl (C=O) groups is 1. The van der Waals surface area contributed by atoms with Gasteiger partial charge in [-0.25, -0.2) is 0 Å². The fourth-order valence-corrected chi connectivity index (χ4v) is 2.80. The van der Waals surface area contributed by atoms with Gasteiger partial charge in [0.05, 0.1) is 0 Å². The SMILES string of the molecule is CCCc1noc(CCC(=O)N2CCCC(CCO)C2)n1. The maximum Gasteiger partial charge on any atom is 0.227 e. The molecule has 1 aliphatic rings. The van der Waals surface area contributed by atoms with Crippen molar-refractivity contribution in [3.05, 3.63) is 11.7 Å². The second kappa shape index (κ2) is 8.12. The molecule has 1 aliphatic heterocycles. The van der Waals surface area contributed by atoms with Crippen LogP contribution < -0.4 is 0 Å². The van der Waals surface area contributed by atoms with Crippen molar-refractivity contribution >= 4 is 5.91 Å². The monoisotopic (exact) mass is 295 g/mol. The van der Waals surface area contributed by atoms with Crippen molar-refractivity contribution in [2.24, 2.45) is 5.92 Å². The van der Waals surface area contributed by atoms with Crippen LogP contribution in [-0.2, 0) is 17.6 Å². The average Bonchev–Trinajstić information content (AvgIpc) is 2.93. The third kappa shape index (κ3) is 4.81. The summed E-state index contributed by atoms with van der Waals surface area (Å²) in [7, 11) is 0. The summed E-state index contributed by atoms with van der Waals surface area (Å²) in [6.07, 6.45) is 5.64. The van der Waals surface area contributed by atoms with E-state index in [9.17, 15) is 4.79 Å². The van der Waals surface area contributed by atoms with Crippen LogP contribution in [0.5, 0.6) is 0 Å². The van der Waals surface area contributed by atoms with E-state index in [2.05, 4.69) is 17.1 Å². The number of aryl methyl sites for hydroxylation is 2. The maximum atomic E-state index is 12.2. The number of nitrogens with zero attached hydrogens (tertiary/aromatic N) is 3. The molecule has 6 nitrogen and oxygen atoms in total. The van der Waals surface area contributed by atoms with E-state index in [4.69, 9.17) is 9.63 Å². The van der Waals surface area contributed by atoms with Gasteiger partial charge in [-0.05, 0) is 31.6 Å². The van der Waals surface area contributed by atoms with Crippen LogP contribution in [-0.4, -0.2) is 45.8 Å². The first-order valence-corrected chi connectivity index (χ1v) is 7.93. The minimum atomic E-state index is 0.146. The lowest BCUT2D eigenvalue weighted by Crippen LogP contribution is -2.40. The summed E-state index contributed by atoms with van der Waals surface area (Å²) in [5.74, 6) is 1.86. The summed E-state index contributed by atoms with van der Waals surface area (Å²) in [6.45, 7) is 3.86. The van der Waals surface area contributed by atoms with E-state index in [-0.39, 0.29) is 12.5 Å². The molecule has 21 heavy (non-hydrogen) atoms. The Bertz CT molecular complexity index is 445. The van der Waals surface area contributed by atoms with Crippen LogP contribution in [0.3, 0.4) is 0 Å². The molecule has 118 valence electrons. The van der Waals surface area contributed by atoms with E-state index >= 15 is 0 Å². The summed E-state index contributed by atoms with van der Waals surface area (Å²) in [5.41, 5.74) is 0. The number of likely N-dealkylation sites (tertiary alicyclic amines) is 1. The molecule has 2 heterocycles. The highest BCUT2D eigenvalue weighted by Crippen LogP contribution is 2.20. The summed E-state index contributed by atoms with van der Waals surface area (Å²) < 4.78 is 5.15. The lowest BCUT2D eigenvalue weighted by molar-refractivity contribution is -0.133. The Balaban J connectivity index is 1.77. The highest BCUT2D eigenvalue weighted by molar-refractivity contribution is 5.76. The Kier molecular flexibility index (Phi) is 6.17. The van der Waals surface area contributed by atoms with E-state index in [0.29, 0.717) is 24.7 Å². The van der Waals surface area contributed by atoms with Crippen LogP contribution in [0.2, 0.25) is 0 Å². The number of hydrogen-bond donors (Lipinski definition) is 1. The number of carbonyl (C=O) groups excluding carboxylic acids is 1. The zero-order chi connectivity index (χ0) is 15.1. The lowest BCUT2D eigenvalue weighted by Gasteiger charge is -2.32. The summed E-state index contributed by atoms with van der Waals surface area (Å²) in [6, 6.07) is 0. The van der Waals surface area contributed by atoms with Gasteiger partial charge in [0.2, 0.25) is 11.8 Å². The number of piperidine rings is 1. The van der Waals surface area contributed by atoms with Crippen molar-refractivity contribution in [2.75, 3.05) is 19.7 Å². The number of aliphatic hydroxyl groups is 1. The molecule has 1 aromatic rings. The molecule has 0 bridgehead atoms. The summed E-state index contributed by atoms with van der Waals surface area (Å²) in [4.78, 5) is 18.4. The molecule has 1 N–H and O–H groups in total. The highest BCUT2D eigenvalue weighted by Gasteiger charge is 2.23. The molecule has 6 heteroatoms. The quantitative estimate of drug-likeness (QED) is 0.826. The molecular weight excluding hydrogens is 270 g/mol. The first-order valence-electron chi connectivity index (χ1n) is 7.93. The second-order valence-electron chi connectivity index (χ2n) is 5.71. The number of rotatable bonds is 7. The molecule has 0 radical (unpaired) electrons. The van der Waals surface area contributed by atoms with Gasteiger partial charge in [0.25, 0.3) is 0 Å². The van der Waals surface area contributed by atoms with Crippen LogP contribution in [0.4, 0.5) is 0 Å². The normalized spacial score (nSPS) is 19.0. The molecule has 1 fully saturated rings. The molecule has 1 aromatic heterocycles. The fourth-order valence-electron chi connectivity index (χ4n) is 2.80. The minimum Gasteiger partial charge on any atom is -0.396 e. The predicted octanol–water partition coefficient (Wildman–Crippen LogP) is 1.58. The first-order chi connectivity index (χ1) is 10.2. The Morgan fingerprint density at radius 3 is 3.10 bits per heavy atom. The molecule has 0 aliphatic carbocycles. The molecule has 1 amide bonds. The van der Waals surface area contributed by atoms with Crippen LogP contribution in [0.15, 0.2) is 4.52 Å². The Hall–Kier alpha value is -1.43. The zero-order valence-electron chi connectivity index (χ0n) is 12.8. The van der Waals surface area contributed by atoms with Crippen LogP contribution >= 0.6 is 0 Å². The largest absolute Gasteiger partial charge is 0.396 e. The molecule has 2 rings (SSSR count). The van der Waals surface area contributed by atoms with Crippen molar-refractivity contribution in [2.45, 2.75) is 51.9 Å². The zero-order valence-corrected chi connectivity index (χ0v) is 12.8. The molecule has 0 spiro atoms. The van der Waals surface area contributed by atoms with Gasteiger partial charge in [0.15, 0.2) is 5.82 Å². The molecule has 0 aromatic carbocycles. The van der Waals surface area contributed by atoms with E-state index in [1.807, 2.05) is 4.90 Å². The first kappa shape index (κ1) is 15.9. The van der Waals surface area contributed by atoms with E-state index in [1.54, 1.807) is 0 Å². The summed E-state index contributed by atoms with van der Waals surface area (Å²) in [5, 5.41) is 12.9. The van der Waals surface area contributed by atoms with Crippen molar-refractivity contribution in [1.82, 2.24) is 15.0 Å². The van der Waals surface area contributed by atoms with Gasteiger partial charge < -0.3 is 14.5 Å². The van der Waals surface area contributed by atoms with Gasteiger partial charge in [-0.1, -0.05) is 12.1 Å². The molecule has 0 saturated carbocycles. The average molecular weight is 295 g/mol. The standard InChI is InChI=1S/C15H25N3O3/c1-2-4-13-16-14(21-17-13)6-7-15(20)18-9-3-5-12(11-18)8-10-19/h12,19H,2-11H2,1H3. The van der Waals surface area contributed by atoms with Gasteiger partial charge in [0.1, 0.15) is 0 Å². The third-order valence-corrected chi connectivity index (χ3v) is 3.95. The van der Waals surface area contributed by atoms with E-state index in [0.717, 1.165) is 51.0 Å². The minimum absolute atomic E-state index is 0.146. The van der Waals surface area contributed by atoms with E-state index in [1.165, 1.54) is 0 Å². The third-order valence-electron chi connectivity index (χ3n) is 3.95. The van der Waals surface area contributed by atoms with Crippen molar-refractivity contribution in [1.29, 1.82) is 0 Å². The Morgan fingerprint density at radius 1 is 1.48 bits per heavy atom. The second-order valence-corrected chi connectivity index (χ2v) is 5.71. The van der Waals surface area contributed by atoms with Crippen molar-refractivity contribution < 1.29 is 14.4 Å². The van der Waals surface area contributed by atoms with Crippen LogP contribution in [0.25, 0.3) is 0 Å². The highest BCUT2D eigenvalue weighted by atomic mass is 16.5. The van der Waals surface area contributed by atoms with Gasteiger partial charge in [-0.2, -0.15) is 4.98 Å². The molecule has 1 atom stereocenters. The smallest absolute Gasteiger partial charge is 0.227 e. The Morgan fingerprint density at radius 2 is 2.33 bits per heavy atom. The predicted molar refractivity (Wildman–Crippen MR) is 77.6 cm³/mol. The Labute approximate surface area is 125 Å². The maximum absolute atomic E-state index is 12.2. The van der Waals surface area contributed by atoms with Gasteiger partial charge in [0, 0.05) is 39.0 Å². The van der Waals surface area contributed by atoms with Gasteiger partial charge >= 0.3 is 0 Å². The van der Waals surface area contributed by atoms with E-state index < -0.39 is 0 Å². The van der Waals surface area contributed by atoms with Crippen LogP contribution in [0.1, 0.15) is 50.7 Å². The molecule has 1 unspecified atom stereocenters. The van der Waals surface area contributed by atoms with Crippen LogP contribution in [0, 0.1) is 5.92 Å². The molecular formula is C15H25N3O3. The summed E-state index contributed by atoms with van der Waals surface area (Å²) >= 11 is 0.